The molecule has 0 aromatic heterocycles. The number of rotatable bonds is 5. The van der Waals surface area contributed by atoms with Crippen molar-refractivity contribution in [2.75, 3.05) is 0 Å². The third kappa shape index (κ3) is 3.36. The Morgan fingerprint density at radius 1 is 0.944 bits per heavy atom. The predicted molar refractivity (Wildman–Crippen MR) is 75.9 cm³/mol. The molecule has 1 heteroatoms. The SMILES string of the molecule is CCC(C)c1ccc(OCc2ccccc2)cc1. The van der Waals surface area contributed by atoms with E-state index in [1.807, 2.05) is 18.2 Å². The molecule has 0 saturated heterocycles. The van der Waals surface area contributed by atoms with Gasteiger partial charge in [0.15, 0.2) is 0 Å². The molecule has 0 bridgehead atoms. The van der Waals surface area contributed by atoms with Crippen molar-refractivity contribution in [1.82, 2.24) is 0 Å². The quantitative estimate of drug-likeness (QED) is 0.731. The minimum absolute atomic E-state index is 0.619. The predicted octanol–water partition coefficient (Wildman–Crippen LogP) is 4.78. The van der Waals surface area contributed by atoms with Gasteiger partial charge in [0.2, 0.25) is 0 Å². The van der Waals surface area contributed by atoms with E-state index in [0.29, 0.717) is 12.5 Å². The van der Waals surface area contributed by atoms with Gasteiger partial charge in [0.25, 0.3) is 0 Å². The molecule has 0 aliphatic rings. The highest BCUT2D eigenvalue weighted by Crippen LogP contribution is 2.21. The van der Waals surface area contributed by atoms with E-state index in [1.54, 1.807) is 0 Å². The number of benzene rings is 2. The summed E-state index contributed by atoms with van der Waals surface area (Å²) in [7, 11) is 0. The average molecular weight is 240 g/mol. The van der Waals surface area contributed by atoms with Crippen LogP contribution < -0.4 is 4.74 Å². The zero-order valence-corrected chi connectivity index (χ0v) is 11.1. The second kappa shape index (κ2) is 6.25. The molecular weight excluding hydrogens is 220 g/mol. The van der Waals surface area contributed by atoms with Crippen LogP contribution in [0.15, 0.2) is 54.6 Å². The van der Waals surface area contributed by atoms with Crippen LogP contribution in [0.1, 0.15) is 37.3 Å². The Hall–Kier alpha value is -1.76. The van der Waals surface area contributed by atoms with Crippen LogP contribution in [-0.2, 0) is 6.61 Å². The van der Waals surface area contributed by atoms with Crippen molar-refractivity contribution in [3.63, 3.8) is 0 Å². The molecule has 0 fully saturated rings. The van der Waals surface area contributed by atoms with Gasteiger partial charge in [0, 0.05) is 0 Å². The minimum Gasteiger partial charge on any atom is -0.489 e. The lowest BCUT2D eigenvalue weighted by Crippen LogP contribution is -1.96. The van der Waals surface area contributed by atoms with E-state index in [9.17, 15) is 0 Å². The molecule has 94 valence electrons. The second-order valence-electron chi connectivity index (χ2n) is 4.65. The summed E-state index contributed by atoms with van der Waals surface area (Å²) in [5, 5.41) is 0. The molecule has 1 atom stereocenters. The first-order valence-electron chi connectivity index (χ1n) is 6.56. The van der Waals surface area contributed by atoms with Crippen molar-refractivity contribution in [2.24, 2.45) is 0 Å². The molecule has 0 amide bonds. The smallest absolute Gasteiger partial charge is 0.119 e. The summed E-state index contributed by atoms with van der Waals surface area (Å²) in [6.45, 7) is 5.09. The fourth-order valence-electron chi connectivity index (χ4n) is 1.87. The maximum atomic E-state index is 5.76. The summed E-state index contributed by atoms with van der Waals surface area (Å²) in [4.78, 5) is 0. The van der Waals surface area contributed by atoms with E-state index in [0.717, 1.165) is 5.75 Å². The number of hydrogen-bond acceptors (Lipinski definition) is 1. The molecule has 0 radical (unpaired) electrons. The van der Waals surface area contributed by atoms with Gasteiger partial charge in [-0.1, -0.05) is 56.3 Å². The Kier molecular flexibility index (Phi) is 4.40. The fraction of sp³-hybridized carbons (Fsp3) is 0.294. The first kappa shape index (κ1) is 12.7. The van der Waals surface area contributed by atoms with Crippen LogP contribution in [0.25, 0.3) is 0 Å². The van der Waals surface area contributed by atoms with Gasteiger partial charge in [0.05, 0.1) is 0 Å². The fourth-order valence-corrected chi connectivity index (χ4v) is 1.87. The molecule has 0 aliphatic heterocycles. The van der Waals surface area contributed by atoms with Gasteiger partial charge in [-0.3, -0.25) is 0 Å². The van der Waals surface area contributed by atoms with E-state index in [4.69, 9.17) is 4.74 Å². The normalized spacial score (nSPS) is 12.1. The average Bonchev–Trinajstić information content (AvgIpc) is 2.46. The molecule has 0 spiro atoms. The Morgan fingerprint density at radius 2 is 1.61 bits per heavy atom. The molecule has 1 nitrogen and oxygen atoms in total. The third-order valence-electron chi connectivity index (χ3n) is 3.31. The monoisotopic (exact) mass is 240 g/mol. The molecule has 1 unspecified atom stereocenters. The first-order chi connectivity index (χ1) is 8.79. The highest BCUT2D eigenvalue weighted by molar-refractivity contribution is 5.29. The summed E-state index contributed by atoms with van der Waals surface area (Å²) < 4.78 is 5.76. The zero-order chi connectivity index (χ0) is 12.8. The van der Waals surface area contributed by atoms with Crippen molar-refractivity contribution in [3.8, 4) is 5.75 Å². The van der Waals surface area contributed by atoms with E-state index in [-0.39, 0.29) is 0 Å². The lowest BCUT2D eigenvalue weighted by Gasteiger charge is -2.10. The molecule has 2 rings (SSSR count). The van der Waals surface area contributed by atoms with Crippen LogP contribution in [0.2, 0.25) is 0 Å². The van der Waals surface area contributed by atoms with Crippen molar-refractivity contribution in [3.05, 3.63) is 65.7 Å². The van der Waals surface area contributed by atoms with Crippen LogP contribution in [0, 0.1) is 0 Å². The Balaban J connectivity index is 1.94. The van der Waals surface area contributed by atoms with Gasteiger partial charge in [-0.25, -0.2) is 0 Å². The molecule has 0 aliphatic carbocycles. The van der Waals surface area contributed by atoms with Crippen LogP contribution >= 0.6 is 0 Å². The van der Waals surface area contributed by atoms with E-state index < -0.39 is 0 Å². The van der Waals surface area contributed by atoms with Crippen LogP contribution in [-0.4, -0.2) is 0 Å². The maximum Gasteiger partial charge on any atom is 0.119 e. The maximum absolute atomic E-state index is 5.76. The summed E-state index contributed by atoms with van der Waals surface area (Å²) in [5.74, 6) is 1.55. The highest BCUT2D eigenvalue weighted by atomic mass is 16.5. The largest absolute Gasteiger partial charge is 0.489 e. The molecular formula is C17H20O. The lowest BCUT2D eigenvalue weighted by atomic mass is 9.99. The van der Waals surface area contributed by atoms with Gasteiger partial charge in [-0.15, -0.1) is 0 Å². The summed E-state index contributed by atoms with van der Waals surface area (Å²) >= 11 is 0. The van der Waals surface area contributed by atoms with Crippen molar-refractivity contribution in [1.29, 1.82) is 0 Å². The van der Waals surface area contributed by atoms with Gasteiger partial charge in [-0.2, -0.15) is 0 Å². The van der Waals surface area contributed by atoms with Gasteiger partial charge < -0.3 is 4.74 Å². The number of hydrogen-bond donors (Lipinski definition) is 0. The van der Waals surface area contributed by atoms with Crippen molar-refractivity contribution < 1.29 is 4.74 Å². The summed E-state index contributed by atoms with van der Waals surface area (Å²) in [6.07, 6.45) is 1.17. The summed E-state index contributed by atoms with van der Waals surface area (Å²) in [5.41, 5.74) is 2.58. The third-order valence-corrected chi connectivity index (χ3v) is 3.31. The standard InChI is InChI=1S/C17H20O/c1-3-14(2)16-9-11-17(12-10-16)18-13-15-7-5-4-6-8-15/h4-12,14H,3,13H2,1-2H3. The Labute approximate surface area is 109 Å². The molecule has 2 aromatic rings. The van der Waals surface area contributed by atoms with Crippen LogP contribution in [0.5, 0.6) is 5.75 Å². The Morgan fingerprint density at radius 3 is 2.22 bits per heavy atom. The molecule has 2 aromatic carbocycles. The summed E-state index contributed by atoms with van der Waals surface area (Å²) in [6, 6.07) is 18.7. The van der Waals surface area contributed by atoms with E-state index in [1.165, 1.54) is 17.5 Å². The topological polar surface area (TPSA) is 9.23 Å². The second-order valence-corrected chi connectivity index (χ2v) is 4.65. The van der Waals surface area contributed by atoms with Gasteiger partial charge in [-0.05, 0) is 35.6 Å². The van der Waals surface area contributed by atoms with E-state index in [2.05, 4.69) is 50.2 Å². The van der Waals surface area contributed by atoms with E-state index >= 15 is 0 Å². The van der Waals surface area contributed by atoms with Crippen molar-refractivity contribution >= 4 is 0 Å². The molecule has 18 heavy (non-hydrogen) atoms. The zero-order valence-electron chi connectivity index (χ0n) is 11.1. The highest BCUT2D eigenvalue weighted by Gasteiger charge is 2.02. The first-order valence-corrected chi connectivity index (χ1v) is 6.56. The van der Waals surface area contributed by atoms with Gasteiger partial charge in [0.1, 0.15) is 12.4 Å². The number of ether oxygens (including phenoxy) is 1. The molecule has 0 N–H and O–H groups in total. The van der Waals surface area contributed by atoms with Crippen molar-refractivity contribution in [2.45, 2.75) is 32.8 Å². The minimum atomic E-state index is 0.619. The lowest BCUT2D eigenvalue weighted by molar-refractivity contribution is 0.306. The van der Waals surface area contributed by atoms with Crippen LogP contribution in [0.3, 0.4) is 0 Å². The Bertz CT molecular complexity index is 459. The molecule has 0 heterocycles. The van der Waals surface area contributed by atoms with Gasteiger partial charge >= 0.3 is 0 Å². The molecule has 0 saturated carbocycles. The van der Waals surface area contributed by atoms with Crippen LogP contribution in [0.4, 0.5) is 0 Å².